The normalized spacial score (nSPS) is 9.31. The van der Waals surface area contributed by atoms with E-state index in [9.17, 15) is 9.59 Å². The largest absolute Gasteiger partial charge is 0.468 e. The van der Waals surface area contributed by atoms with E-state index in [0.29, 0.717) is 5.69 Å². The van der Waals surface area contributed by atoms with Gasteiger partial charge in [0.2, 0.25) is 0 Å². The maximum absolute atomic E-state index is 11.2. The number of carbonyl (C=O) groups is 2. The molecule has 0 atom stereocenters. The lowest BCUT2D eigenvalue weighted by Gasteiger charge is -2.00. The molecule has 0 aliphatic rings. The van der Waals surface area contributed by atoms with E-state index >= 15 is 0 Å². The molecule has 0 radical (unpaired) electrons. The summed E-state index contributed by atoms with van der Waals surface area (Å²) in [6.45, 7) is -0.132. The molecule has 0 aliphatic carbocycles. The van der Waals surface area contributed by atoms with E-state index in [0.717, 1.165) is 0 Å². The van der Waals surface area contributed by atoms with Crippen molar-refractivity contribution < 1.29 is 14.3 Å². The number of hydrogen-bond acceptors (Lipinski definition) is 5. The van der Waals surface area contributed by atoms with Crippen LogP contribution in [-0.2, 0) is 9.53 Å². The molecule has 0 saturated carbocycles. The van der Waals surface area contributed by atoms with Crippen molar-refractivity contribution in [2.75, 3.05) is 13.7 Å². The number of esters is 1. The van der Waals surface area contributed by atoms with Crippen LogP contribution in [0.25, 0.3) is 0 Å². The number of nitrogens with zero attached hydrogens (tertiary/aromatic N) is 1. The second-order valence-electron chi connectivity index (χ2n) is 2.13. The molecule has 0 fully saturated rings. The lowest BCUT2D eigenvalue weighted by Crippen LogP contribution is -2.30. The van der Waals surface area contributed by atoms with Crippen LogP contribution < -0.4 is 5.32 Å². The molecule has 1 rings (SSSR count). The summed E-state index contributed by atoms with van der Waals surface area (Å²) in [4.78, 5) is 25.6. The lowest BCUT2D eigenvalue weighted by atomic mass is 10.4. The summed E-state index contributed by atoms with van der Waals surface area (Å²) in [5.74, 6) is -0.852. The molecule has 70 valence electrons. The third-order valence-electron chi connectivity index (χ3n) is 1.29. The highest BCUT2D eigenvalue weighted by atomic mass is 32.1. The molecule has 13 heavy (non-hydrogen) atoms. The molecule has 6 heteroatoms. The van der Waals surface area contributed by atoms with E-state index in [1.165, 1.54) is 18.4 Å². The Bertz CT molecular complexity index is 297. The Kier molecular flexibility index (Phi) is 3.39. The van der Waals surface area contributed by atoms with E-state index in [1.807, 2.05) is 0 Å². The van der Waals surface area contributed by atoms with Gasteiger partial charge >= 0.3 is 5.97 Å². The highest BCUT2D eigenvalue weighted by Gasteiger charge is 2.08. The number of aromatic nitrogens is 1. The minimum Gasteiger partial charge on any atom is -0.468 e. The van der Waals surface area contributed by atoms with Crippen molar-refractivity contribution in [3.05, 3.63) is 16.6 Å². The molecule has 1 aromatic heterocycles. The molecule has 0 saturated heterocycles. The first-order chi connectivity index (χ1) is 6.24. The molecule has 1 amide bonds. The van der Waals surface area contributed by atoms with Crippen molar-refractivity contribution in [3.63, 3.8) is 0 Å². The maximum Gasteiger partial charge on any atom is 0.325 e. The Morgan fingerprint density at radius 2 is 2.46 bits per heavy atom. The standard InChI is InChI=1S/C7H8N2O3S/c1-12-6(10)2-8-7(11)5-3-13-4-9-5/h3-4H,2H2,1H3,(H,8,11). The van der Waals surface area contributed by atoms with Crippen LogP contribution in [0.2, 0.25) is 0 Å². The van der Waals surface area contributed by atoms with Gasteiger partial charge in [0.15, 0.2) is 0 Å². The van der Waals surface area contributed by atoms with Crippen LogP contribution in [0.15, 0.2) is 10.9 Å². The van der Waals surface area contributed by atoms with Gasteiger partial charge in [-0.2, -0.15) is 0 Å². The van der Waals surface area contributed by atoms with Crippen LogP contribution in [-0.4, -0.2) is 30.5 Å². The third-order valence-corrected chi connectivity index (χ3v) is 1.87. The van der Waals surface area contributed by atoms with Crippen LogP contribution >= 0.6 is 11.3 Å². The van der Waals surface area contributed by atoms with Gasteiger partial charge in [-0.1, -0.05) is 0 Å². The summed E-state index contributed by atoms with van der Waals surface area (Å²) in [6, 6.07) is 0. The number of nitrogens with one attached hydrogen (secondary N) is 1. The topological polar surface area (TPSA) is 68.3 Å². The van der Waals surface area contributed by atoms with Gasteiger partial charge in [-0.05, 0) is 0 Å². The molecule has 0 bridgehead atoms. The van der Waals surface area contributed by atoms with Crippen molar-refractivity contribution in [1.82, 2.24) is 10.3 Å². The summed E-state index contributed by atoms with van der Waals surface area (Å²) >= 11 is 1.32. The highest BCUT2D eigenvalue weighted by Crippen LogP contribution is 1.99. The summed E-state index contributed by atoms with van der Waals surface area (Å²) in [6.07, 6.45) is 0. The zero-order valence-electron chi connectivity index (χ0n) is 6.94. The van der Waals surface area contributed by atoms with E-state index in [-0.39, 0.29) is 12.5 Å². The second kappa shape index (κ2) is 4.56. The Hall–Kier alpha value is -1.43. The molecule has 1 heterocycles. The summed E-state index contributed by atoms with van der Waals surface area (Å²) in [5.41, 5.74) is 1.86. The van der Waals surface area contributed by atoms with Crippen LogP contribution in [0.4, 0.5) is 0 Å². The Morgan fingerprint density at radius 1 is 1.69 bits per heavy atom. The number of thiazole rings is 1. The molecule has 0 spiro atoms. The van der Waals surface area contributed by atoms with Gasteiger partial charge in [0.05, 0.1) is 12.6 Å². The van der Waals surface area contributed by atoms with Crippen LogP contribution in [0.1, 0.15) is 10.5 Å². The van der Waals surface area contributed by atoms with Crippen molar-refractivity contribution >= 4 is 23.2 Å². The molecule has 0 aliphatic heterocycles. The van der Waals surface area contributed by atoms with E-state index in [4.69, 9.17) is 0 Å². The zero-order chi connectivity index (χ0) is 9.68. The molecule has 1 N–H and O–H groups in total. The van der Waals surface area contributed by atoms with Gasteiger partial charge in [-0.25, -0.2) is 4.98 Å². The number of methoxy groups -OCH3 is 1. The SMILES string of the molecule is COC(=O)CNC(=O)c1cscn1. The predicted octanol–water partition coefficient (Wildman–Crippen LogP) is 0.0459. The van der Waals surface area contributed by atoms with Gasteiger partial charge < -0.3 is 10.1 Å². The van der Waals surface area contributed by atoms with Gasteiger partial charge in [0, 0.05) is 5.38 Å². The quantitative estimate of drug-likeness (QED) is 0.700. The van der Waals surface area contributed by atoms with Crippen molar-refractivity contribution in [1.29, 1.82) is 0 Å². The van der Waals surface area contributed by atoms with E-state index in [2.05, 4.69) is 15.0 Å². The fraction of sp³-hybridized carbons (Fsp3) is 0.286. The van der Waals surface area contributed by atoms with Gasteiger partial charge in [-0.3, -0.25) is 9.59 Å². The Balaban J connectivity index is 2.39. The molecule has 0 aromatic carbocycles. The number of carbonyl (C=O) groups excluding carboxylic acids is 2. The van der Waals surface area contributed by atoms with E-state index < -0.39 is 5.97 Å². The fourth-order valence-electron chi connectivity index (χ4n) is 0.640. The van der Waals surface area contributed by atoms with Gasteiger partial charge in [0.25, 0.3) is 5.91 Å². The number of rotatable bonds is 3. The number of ether oxygens (including phenoxy) is 1. The summed E-state index contributed by atoms with van der Waals surface area (Å²) < 4.78 is 4.35. The minimum absolute atomic E-state index is 0.132. The monoisotopic (exact) mass is 200 g/mol. The molecular weight excluding hydrogens is 192 g/mol. The Labute approximate surface area is 78.7 Å². The van der Waals surface area contributed by atoms with Crippen molar-refractivity contribution in [2.24, 2.45) is 0 Å². The first-order valence-corrected chi connectivity index (χ1v) is 4.41. The first kappa shape index (κ1) is 9.66. The van der Waals surface area contributed by atoms with Crippen molar-refractivity contribution in [3.8, 4) is 0 Å². The molecule has 5 nitrogen and oxygen atoms in total. The third kappa shape index (κ3) is 2.83. The second-order valence-corrected chi connectivity index (χ2v) is 2.85. The average molecular weight is 200 g/mol. The Morgan fingerprint density at radius 3 is 3.00 bits per heavy atom. The number of amides is 1. The lowest BCUT2D eigenvalue weighted by molar-refractivity contribution is -0.139. The van der Waals surface area contributed by atoms with Gasteiger partial charge in [-0.15, -0.1) is 11.3 Å². The first-order valence-electron chi connectivity index (χ1n) is 3.47. The summed E-state index contributed by atoms with van der Waals surface area (Å²) in [5, 5.41) is 3.97. The fourth-order valence-corrected chi connectivity index (χ4v) is 1.17. The zero-order valence-corrected chi connectivity index (χ0v) is 7.76. The smallest absolute Gasteiger partial charge is 0.325 e. The minimum atomic E-state index is -0.483. The molecular formula is C7H8N2O3S. The van der Waals surface area contributed by atoms with E-state index in [1.54, 1.807) is 10.9 Å². The molecule has 0 unspecified atom stereocenters. The van der Waals surface area contributed by atoms with Gasteiger partial charge in [0.1, 0.15) is 12.2 Å². The van der Waals surface area contributed by atoms with Crippen LogP contribution in [0.5, 0.6) is 0 Å². The molecule has 1 aromatic rings. The predicted molar refractivity (Wildman–Crippen MR) is 46.5 cm³/mol. The average Bonchev–Trinajstić information content (AvgIpc) is 2.66. The maximum atomic E-state index is 11.2. The number of hydrogen-bond donors (Lipinski definition) is 1. The van der Waals surface area contributed by atoms with Crippen molar-refractivity contribution in [2.45, 2.75) is 0 Å². The summed E-state index contributed by atoms with van der Waals surface area (Å²) in [7, 11) is 1.26. The highest BCUT2D eigenvalue weighted by molar-refractivity contribution is 7.07. The van der Waals surface area contributed by atoms with Crippen LogP contribution in [0.3, 0.4) is 0 Å². The van der Waals surface area contributed by atoms with Crippen LogP contribution in [0, 0.1) is 0 Å².